The second-order valence-electron chi connectivity index (χ2n) is 6.55. The van der Waals surface area contributed by atoms with E-state index in [1.54, 1.807) is 0 Å². The van der Waals surface area contributed by atoms with E-state index in [1.807, 2.05) is 0 Å². The minimum Gasteiger partial charge on any atom is -0.507 e. The zero-order chi connectivity index (χ0) is 20.9. The highest BCUT2D eigenvalue weighted by atomic mass is 19.4. The summed E-state index contributed by atoms with van der Waals surface area (Å²) < 4.78 is 84.7. The number of aryl methyl sites for hydroxylation is 2. The lowest BCUT2D eigenvalue weighted by atomic mass is 9.70. The van der Waals surface area contributed by atoms with Crippen LogP contribution in [-0.4, -0.2) is 22.6 Å². The summed E-state index contributed by atoms with van der Waals surface area (Å²) in [6, 6.07) is 3.37. The van der Waals surface area contributed by atoms with Crippen molar-refractivity contribution in [2.75, 3.05) is 0 Å². The molecule has 27 heavy (non-hydrogen) atoms. The smallest absolute Gasteiger partial charge is 0.411 e. The van der Waals surface area contributed by atoms with Gasteiger partial charge in [-0.25, -0.2) is 0 Å². The predicted octanol–water partition coefficient (Wildman–Crippen LogP) is 5.74. The van der Waals surface area contributed by atoms with Crippen LogP contribution in [0.2, 0.25) is 0 Å². The normalized spacial score (nSPS) is 13.1. The summed E-state index contributed by atoms with van der Waals surface area (Å²) in [4.78, 5) is 0. The molecule has 0 bridgehead atoms. The Labute approximate surface area is 152 Å². The molecule has 0 fully saturated rings. The maximum absolute atomic E-state index is 14.1. The highest BCUT2D eigenvalue weighted by molar-refractivity contribution is 5.59. The molecule has 0 spiro atoms. The number of halogens is 6. The largest absolute Gasteiger partial charge is 0.507 e. The SMILES string of the molecule is Cc1ccc(C(c2ccc(C)c(C)c2O)(C(F)(F)F)C(F)(F)F)c(O)c1C. The average molecular weight is 392 g/mol. The third kappa shape index (κ3) is 2.91. The van der Waals surface area contributed by atoms with Crippen LogP contribution in [0.5, 0.6) is 11.5 Å². The first-order chi connectivity index (χ1) is 12.2. The fourth-order valence-electron chi connectivity index (χ4n) is 3.12. The van der Waals surface area contributed by atoms with Gasteiger partial charge in [0.1, 0.15) is 11.5 Å². The molecule has 148 valence electrons. The van der Waals surface area contributed by atoms with E-state index in [4.69, 9.17) is 0 Å². The van der Waals surface area contributed by atoms with Gasteiger partial charge in [0, 0.05) is 11.1 Å². The minimum atomic E-state index is -5.89. The van der Waals surface area contributed by atoms with Gasteiger partial charge in [0.25, 0.3) is 0 Å². The molecular weight excluding hydrogens is 374 g/mol. The molecule has 8 heteroatoms. The molecule has 0 aliphatic heterocycles. The summed E-state index contributed by atoms with van der Waals surface area (Å²) in [5.74, 6) is -2.22. The highest BCUT2D eigenvalue weighted by Gasteiger charge is 2.74. The lowest BCUT2D eigenvalue weighted by Gasteiger charge is -2.39. The lowest BCUT2D eigenvalue weighted by molar-refractivity contribution is -0.289. The predicted molar refractivity (Wildman–Crippen MR) is 88.1 cm³/mol. The van der Waals surface area contributed by atoms with Crippen molar-refractivity contribution in [2.45, 2.75) is 45.5 Å². The lowest BCUT2D eigenvalue weighted by Crippen LogP contribution is -2.55. The Morgan fingerprint density at radius 3 is 1.15 bits per heavy atom. The van der Waals surface area contributed by atoms with Crippen LogP contribution in [0.1, 0.15) is 33.4 Å². The van der Waals surface area contributed by atoms with Crippen LogP contribution in [0, 0.1) is 27.7 Å². The number of rotatable bonds is 2. The first kappa shape index (κ1) is 20.9. The molecule has 2 rings (SSSR count). The molecule has 0 atom stereocenters. The number of benzene rings is 2. The van der Waals surface area contributed by atoms with E-state index in [9.17, 15) is 36.6 Å². The van der Waals surface area contributed by atoms with Crippen molar-refractivity contribution in [2.24, 2.45) is 0 Å². The molecule has 2 nitrogen and oxygen atoms in total. The van der Waals surface area contributed by atoms with E-state index >= 15 is 0 Å². The fourth-order valence-corrected chi connectivity index (χ4v) is 3.12. The molecule has 2 N–H and O–H groups in total. The Balaban J connectivity index is 3.13. The van der Waals surface area contributed by atoms with Crippen LogP contribution in [0.25, 0.3) is 0 Å². The van der Waals surface area contributed by atoms with Gasteiger partial charge in [-0.15, -0.1) is 0 Å². The minimum absolute atomic E-state index is 0.103. The van der Waals surface area contributed by atoms with Gasteiger partial charge in [-0.1, -0.05) is 24.3 Å². The Morgan fingerprint density at radius 1 is 0.593 bits per heavy atom. The van der Waals surface area contributed by atoms with Crippen molar-refractivity contribution >= 4 is 0 Å². The van der Waals surface area contributed by atoms with Crippen LogP contribution in [0.15, 0.2) is 24.3 Å². The third-order valence-corrected chi connectivity index (χ3v) is 5.06. The third-order valence-electron chi connectivity index (χ3n) is 5.06. The molecular formula is C19H18F6O2. The first-order valence-corrected chi connectivity index (χ1v) is 7.90. The number of hydrogen-bond donors (Lipinski definition) is 2. The number of alkyl halides is 6. The van der Waals surface area contributed by atoms with Crippen molar-refractivity contribution in [3.8, 4) is 11.5 Å². The number of aromatic hydroxyl groups is 2. The van der Waals surface area contributed by atoms with E-state index in [0.29, 0.717) is 23.3 Å². The summed E-state index contributed by atoms with van der Waals surface area (Å²) in [6.07, 6.45) is -11.8. The monoisotopic (exact) mass is 392 g/mol. The molecule has 0 heterocycles. The van der Waals surface area contributed by atoms with Crippen molar-refractivity contribution in [3.63, 3.8) is 0 Å². The van der Waals surface area contributed by atoms with Crippen LogP contribution < -0.4 is 0 Å². The van der Waals surface area contributed by atoms with E-state index < -0.39 is 40.4 Å². The summed E-state index contributed by atoms with van der Waals surface area (Å²) in [5.41, 5.74) is -6.88. The molecule has 2 aromatic carbocycles. The number of phenolic OH excluding ortho intramolecular Hbond substituents is 2. The molecule has 0 amide bonds. The van der Waals surface area contributed by atoms with Gasteiger partial charge in [0.2, 0.25) is 5.41 Å². The van der Waals surface area contributed by atoms with Gasteiger partial charge in [0.05, 0.1) is 0 Å². The quantitative estimate of drug-likeness (QED) is 0.640. The maximum atomic E-state index is 14.1. The fraction of sp³-hybridized carbons (Fsp3) is 0.368. The van der Waals surface area contributed by atoms with Crippen LogP contribution >= 0.6 is 0 Å². The van der Waals surface area contributed by atoms with Gasteiger partial charge >= 0.3 is 12.4 Å². The van der Waals surface area contributed by atoms with Crippen molar-refractivity contribution in [1.29, 1.82) is 0 Å². The second kappa shape index (κ2) is 6.35. The average Bonchev–Trinajstić information content (AvgIpc) is 2.52. The molecule has 2 aromatic rings. The molecule has 0 saturated carbocycles. The van der Waals surface area contributed by atoms with Gasteiger partial charge in [-0.2, -0.15) is 26.3 Å². The maximum Gasteiger partial charge on any atom is 0.411 e. The summed E-state index contributed by atoms with van der Waals surface area (Å²) >= 11 is 0. The van der Waals surface area contributed by atoms with Gasteiger partial charge < -0.3 is 10.2 Å². The summed E-state index contributed by atoms with van der Waals surface area (Å²) in [5, 5.41) is 20.5. The van der Waals surface area contributed by atoms with E-state index in [-0.39, 0.29) is 11.1 Å². The number of hydrogen-bond acceptors (Lipinski definition) is 2. The van der Waals surface area contributed by atoms with Crippen molar-refractivity contribution < 1.29 is 36.6 Å². The molecule has 0 saturated heterocycles. The topological polar surface area (TPSA) is 40.5 Å². The Morgan fingerprint density at radius 2 is 0.889 bits per heavy atom. The summed E-state index contributed by atoms with van der Waals surface area (Å²) in [7, 11) is 0. The van der Waals surface area contributed by atoms with Crippen molar-refractivity contribution in [3.05, 3.63) is 57.6 Å². The van der Waals surface area contributed by atoms with E-state index in [1.165, 1.54) is 27.7 Å². The second-order valence-corrected chi connectivity index (χ2v) is 6.55. The molecule has 0 aromatic heterocycles. The van der Waals surface area contributed by atoms with Gasteiger partial charge in [-0.3, -0.25) is 0 Å². The zero-order valence-corrected chi connectivity index (χ0v) is 15.0. The molecule has 0 aliphatic rings. The Hall–Kier alpha value is -2.38. The van der Waals surface area contributed by atoms with Gasteiger partial charge in [0.15, 0.2) is 0 Å². The Bertz CT molecular complexity index is 808. The molecule has 0 unspecified atom stereocenters. The molecule has 0 aliphatic carbocycles. The Kier molecular flexibility index (Phi) is 4.92. The van der Waals surface area contributed by atoms with Crippen LogP contribution in [0.3, 0.4) is 0 Å². The van der Waals surface area contributed by atoms with Crippen LogP contribution in [0.4, 0.5) is 26.3 Å². The van der Waals surface area contributed by atoms with E-state index in [2.05, 4.69) is 0 Å². The van der Waals surface area contributed by atoms with Crippen LogP contribution in [-0.2, 0) is 5.41 Å². The van der Waals surface area contributed by atoms with Crippen molar-refractivity contribution in [1.82, 2.24) is 0 Å². The van der Waals surface area contributed by atoms with Gasteiger partial charge in [-0.05, 0) is 49.9 Å². The van der Waals surface area contributed by atoms with E-state index in [0.717, 1.165) is 12.1 Å². The highest BCUT2D eigenvalue weighted by Crippen LogP contribution is 2.60. The zero-order valence-electron chi connectivity index (χ0n) is 15.0. The first-order valence-electron chi connectivity index (χ1n) is 7.90. The molecule has 0 radical (unpaired) electrons. The number of phenols is 2. The summed E-state index contributed by atoms with van der Waals surface area (Å²) in [6.45, 7) is 5.36. The standard InChI is InChI=1S/C19H18F6O2/c1-9-5-7-13(15(26)11(9)3)17(18(20,21)22,19(23,24)25)14-8-6-10(2)12(4)16(14)27/h5-8,26-27H,1-4H3.